The summed E-state index contributed by atoms with van der Waals surface area (Å²) in [6.07, 6.45) is 3.41. The monoisotopic (exact) mass is 358 g/mol. The first-order valence-corrected chi connectivity index (χ1v) is 9.54. The van der Waals surface area contributed by atoms with Gasteiger partial charge in [0.25, 0.3) is 0 Å². The number of benzene rings is 1. The minimum Gasteiger partial charge on any atom is -0.373 e. The van der Waals surface area contributed by atoms with E-state index in [4.69, 9.17) is 4.74 Å². The minimum atomic E-state index is -0.433. The molecule has 1 aromatic carbocycles. The molecule has 140 valence electrons. The highest BCUT2D eigenvalue weighted by Gasteiger charge is 2.51. The summed E-state index contributed by atoms with van der Waals surface area (Å²) in [4.78, 5) is 4.54. The molecule has 1 aliphatic carbocycles. The molecular formula is C20H27FN4O. The summed E-state index contributed by atoms with van der Waals surface area (Å²) in [6, 6.07) is 5.17. The zero-order chi connectivity index (χ0) is 18.3. The van der Waals surface area contributed by atoms with E-state index in [1.807, 2.05) is 6.07 Å². The quantitative estimate of drug-likeness (QED) is 0.877. The predicted molar refractivity (Wildman–Crippen MR) is 98.3 cm³/mol. The highest BCUT2D eigenvalue weighted by Crippen LogP contribution is 2.50. The van der Waals surface area contributed by atoms with Gasteiger partial charge in [-0.25, -0.2) is 9.37 Å². The van der Waals surface area contributed by atoms with E-state index in [0.29, 0.717) is 23.2 Å². The molecule has 0 amide bonds. The molecule has 6 heteroatoms. The summed E-state index contributed by atoms with van der Waals surface area (Å²) < 4.78 is 20.7. The number of halogens is 1. The molecule has 1 saturated heterocycles. The third-order valence-electron chi connectivity index (χ3n) is 6.09. The van der Waals surface area contributed by atoms with Gasteiger partial charge in [-0.05, 0) is 36.6 Å². The Morgan fingerprint density at radius 1 is 1.19 bits per heavy atom. The number of aromatic nitrogens is 3. The standard InChI is InChI=1S/C20H27FN4O/c1-12(2)18-23-19(25-24-18)13-7-16(9-17(21)8-13)20(26-3)14-5-4-6-15(20)11-22-10-14/h7-9,12,14-15,22H,4-6,10-11H2,1-3H3,(H,23,24,25). The van der Waals surface area contributed by atoms with Gasteiger partial charge in [0.2, 0.25) is 0 Å². The molecule has 1 saturated carbocycles. The molecule has 2 aliphatic rings. The highest BCUT2D eigenvalue weighted by molar-refractivity contribution is 5.57. The van der Waals surface area contributed by atoms with Gasteiger partial charge in [0.05, 0.1) is 0 Å². The smallest absolute Gasteiger partial charge is 0.181 e. The fraction of sp³-hybridized carbons (Fsp3) is 0.600. The largest absolute Gasteiger partial charge is 0.373 e. The fourth-order valence-corrected chi connectivity index (χ4v) is 4.84. The lowest BCUT2D eigenvalue weighted by Gasteiger charge is -2.52. The van der Waals surface area contributed by atoms with Crippen molar-refractivity contribution in [1.82, 2.24) is 20.5 Å². The summed E-state index contributed by atoms with van der Waals surface area (Å²) in [5, 5.41) is 10.8. The summed E-state index contributed by atoms with van der Waals surface area (Å²) in [5.74, 6) is 2.05. The molecule has 1 aromatic heterocycles. The number of fused-ring (bicyclic) bond motifs is 2. The Morgan fingerprint density at radius 2 is 1.92 bits per heavy atom. The first-order chi connectivity index (χ1) is 12.5. The van der Waals surface area contributed by atoms with Gasteiger partial charge in [-0.3, -0.25) is 5.10 Å². The van der Waals surface area contributed by atoms with Crippen molar-refractivity contribution in [2.75, 3.05) is 20.2 Å². The lowest BCUT2D eigenvalue weighted by atomic mass is 9.62. The van der Waals surface area contributed by atoms with E-state index in [-0.39, 0.29) is 11.7 Å². The third kappa shape index (κ3) is 2.76. The SMILES string of the molecule is COC1(c2cc(F)cc(-c3n[nH]c(C(C)C)n3)c2)C2CCCC1CNC2. The van der Waals surface area contributed by atoms with Crippen molar-refractivity contribution in [3.8, 4) is 11.4 Å². The molecule has 26 heavy (non-hydrogen) atoms. The number of hydrogen-bond donors (Lipinski definition) is 2. The van der Waals surface area contributed by atoms with E-state index in [0.717, 1.165) is 37.3 Å². The molecule has 0 spiro atoms. The van der Waals surface area contributed by atoms with Crippen molar-refractivity contribution in [3.63, 3.8) is 0 Å². The number of nitrogens with one attached hydrogen (secondary N) is 2. The molecule has 4 rings (SSSR count). The fourth-order valence-electron chi connectivity index (χ4n) is 4.84. The number of piperidine rings is 1. The van der Waals surface area contributed by atoms with Crippen LogP contribution in [0.1, 0.15) is 50.4 Å². The number of hydrogen-bond acceptors (Lipinski definition) is 4. The van der Waals surface area contributed by atoms with Crippen LogP contribution in [0, 0.1) is 17.7 Å². The van der Waals surface area contributed by atoms with Crippen molar-refractivity contribution in [2.24, 2.45) is 11.8 Å². The maximum Gasteiger partial charge on any atom is 0.181 e. The highest BCUT2D eigenvalue weighted by atomic mass is 19.1. The molecule has 2 bridgehead atoms. The number of rotatable bonds is 4. The average molecular weight is 358 g/mol. The van der Waals surface area contributed by atoms with E-state index in [2.05, 4.69) is 34.3 Å². The summed E-state index contributed by atoms with van der Waals surface area (Å²) in [5.41, 5.74) is 1.19. The molecule has 1 aliphatic heterocycles. The van der Waals surface area contributed by atoms with E-state index in [1.165, 1.54) is 12.5 Å². The van der Waals surface area contributed by atoms with Gasteiger partial charge >= 0.3 is 0 Å². The van der Waals surface area contributed by atoms with Crippen LogP contribution in [-0.2, 0) is 10.3 Å². The second-order valence-corrected chi connectivity index (χ2v) is 7.91. The van der Waals surface area contributed by atoms with Crippen LogP contribution in [0.15, 0.2) is 18.2 Å². The van der Waals surface area contributed by atoms with E-state index < -0.39 is 5.60 Å². The van der Waals surface area contributed by atoms with Gasteiger partial charge in [0.1, 0.15) is 17.2 Å². The summed E-state index contributed by atoms with van der Waals surface area (Å²) in [6.45, 7) is 5.93. The molecule has 2 N–H and O–H groups in total. The van der Waals surface area contributed by atoms with Crippen LogP contribution in [-0.4, -0.2) is 35.4 Å². The topological polar surface area (TPSA) is 62.8 Å². The second-order valence-electron chi connectivity index (χ2n) is 7.91. The van der Waals surface area contributed by atoms with Crippen molar-refractivity contribution in [1.29, 1.82) is 0 Å². The number of H-pyrrole nitrogens is 1. The maximum atomic E-state index is 14.6. The zero-order valence-corrected chi connectivity index (χ0v) is 15.7. The molecular weight excluding hydrogens is 331 g/mol. The Hall–Kier alpha value is -1.79. The van der Waals surface area contributed by atoms with E-state index in [1.54, 1.807) is 13.2 Å². The number of methoxy groups -OCH3 is 1. The third-order valence-corrected chi connectivity index (χ3v) is 6.09. The van der Waals surface area contributed by atoms with Gasteiger partial charge in [-0.2, -0.15) is 5.10 Å². The maximum absolute atomic E-state index is 14.6. The Morgan fingerprint density at radius 3 is 2.54 bits per heavy atom. The Labute approximate surface area is 153 Å². The van der Waals surface area contributed by atoms with E-state index in [9.17, 15) is 4.39 Å². The number of nitrogens with zero attached hydrogens (tertiary/aromatic N) is 2. The van der Waals surface area contributed by atoms with Crippen molar-refractivity contribution >= 4 is 0 Å². The van der Waals surface area contributed by atoms with Crippen LogP contribution in [0.4, 0.5) is 4.39 Å². The van der Waals surface area contributed by atoms with Gasteiger partial charge in [-0.1, -0.05) is 20.3 Å². The first kappa shape index (κ1) is 17.6. The van der Waals surface area contributed by atoms with Crippen molar-refractivity contribution in [2.45, 2.75) is 44.6 Å². The van der Waals surface area contributed by atoms with Gasteiger partial charge in [0, 0.05) is 43.5 Å². The summed E-state index contributed by atoms with van der Waals surface area (Å²) in [7, 11) is 1.77. The molecule has 2 unspecified atom stereocenters. The van der Waals surface area contributed by atoms with Gasteiger partial charge in [0.15, 0.2) is 5.82 Å². The van der Waals surface area contributed by atoms with Crippen molar-refractivity contribution in [3.05, 3.63) is 35.4 Å². The lowest BCUT2D eigenvalue weighted by molar-refractivity contribution is -0.144. The average Bonchev–Trinajstić information content (AvgIpc) is 3.10. The van der Waals surface area contributed by atoms with Crippen molar-refractivity contribution < 1.29 is 9.13 Å². The van der Waals surface area contributed by atoms with Crippen LogP contribution < -0.4 is 5.32 Å². The Balaban J connectivity index is 1.80. The molecule has 0 radical (unpaired) electrons. The number of aromatic amines is 1. The Kier molecular flexibility index (Phi) is 4.57. The predicted octanol–water partition coefficient (Wildman–Crippen LogP) is 3.60. The first-order valence-electron chi connectivity index (χ1n) is 9.54. The molecule has 2 heterocycles. The number of ether oxygens (including phenoxy) is 1. The molecule has 5 nitrogen and oxygen atoms in total. The van der Waals surface area contributed by atoms with Crippen LogP contribution in [0.25, 0.3) is 11.4 Å². The normalized spacial score (nSPS) is 28.5. The van der Waals surface area contributed by atoms with Gasteiger partial charge in [-0.15, -0.1) is 0 Å². The van der Waals surface area contributed by atoms with Gasteiger partial charge < -0.3 is 10.1 Å². The second kappa shape index (κ2) is 6.74. The molecule has 2 fully saturated rings. The Bertz CT molecular complexity index is 766. The van der Waals surface area contributed by atoms with E-state index >= 15 is 0 Å². The lowest BCUT2D eigenvalue weighted by Crippen LogP contribution is -2.57. The molecule has 2 aromatic rings. The van der Waals surface area contributed by atoms with Crippen LogP contribution in [0.3, 0.4) is 0 Å². The summed E-state index contributed by atoms with van der Waals surface area (Å²) >= 11 is 0. The zero-order valence-electron chi connectivity index (χ0n) is 15.7. The molecule has 2 atom stereocenters. The van der Waals surface area contributed by atoms with Crippen LogP contribution in [0.5, 0.6) is 0 Å². The van der Waals surface area contributed by atoms with Crippen LogP contribution in [0.2, 0.25) is 0 Å². The minimum absolute atomic E-state index is 0.248. The van der Waals surface area contributed by atoms with Crippen LogP contribution >= 0.6 is 0 Å².